The lowest BCUT2D eigenvalue weighted by atomic mass is 10.1. The van der Waals surface area contributed by atoms with Crippen LogP contribution in [0, 0.1) is 0 Å². The summed E-state index contributed by atoms with van der Waals surface area (Å²) < 4.78 is 56.5. The van der Waals surface area contributed by atoms with Gasteiger partial charge in [0.25, 0.3) is 0 Å². The van der Waals surface area contributed by atoms with E-state index in [2.05, 4.69) is 0 Å². The molecule has 2 aromatic carbocycles. The summed E-state index contributed by atoms with van der Waals surface area (Å²) in [6.45, 7) is 0. The molecule has 0 aromatic heterocycles. The van der Waals surface area contributed by atoms with Crippen molar-refractivity contribution in [2.75, 3.05) is 48.4 Å². The number of hydrogen-bond donors (Lipinski definition) is 0. The van der Waals surface area contributed by atoms with Gasteiger partial charge in [0, 0.05) is 5.41 Å². The Kier molecular flexibility index (Phi) is 9.37. The quantitative estimate of drug-likeness (QED) is 0.412. The van der Waals surface area contributed by atoms with E-state index in [0.717, 1.165) is 5.41 Å². The molecule has 9 nitrogen and oxygen atoms in total. The second kappa shape index (κ2) is 12.0. The van der Waals surface area contributed by atoms with Gasteiger partial charge in [0.05, 0.1) is 42.7 Å². The molecule has 0 bridgehead atoms. The van der Waals surface area contributed by atoms with E-state index in [4.69, 9.17) is 28.4 Å². The number of carbonyl (C=O) groups excluding carboxylic acids is 1. The fraction of sp³-hybridized carbons (Fsp3) is 0.292. The Hall–Kier alpha value is -3.66. The fourth-order valence-electron chi connectivity index (χ4n) is 3.06. The maximum absolute atomic E-state index is 12.5. The highest BCUT2D eigenvalue weighted by molar-refractivity contribution is 7.95. The zero-order chi connectivity index (χ0) is 25.3. The third-order valence-corrected chi connectivity index (χ3v) is 5.88. The smallest absolute Gasteiger partial charge is 0.203 e. The Labute approximate surface area is 199 Å². The van der Waals surface area contributed by atoms with Crippen LogP contribution < -0.4 is 28.4 Å². The van der Waals surface area contributed by atoms with E-state index in [-0.39, 0.29) is 0 Å². The molecular formula is C24H28O9S. The molecule has 0 atom stereocenters. The van der Waals surface area contributed by atoms with Crippen LogP contribution in [0.4, 0.5) is 0 Å². The minimum atomic E-state index is -3.84. The summed E-state index contributed by atoms with van der Waals surface area (Å²) in [5.41, 5.74) is 1.08. The second-order valence-corrected chi connectivity index (χ2v) is 8.71. The molecule has 0 aliphatic heterocycles. The molecule has 0 saturated carbocycles. The third-order valence-electron chi connectivity index (χ3n) is 4.65. The van der Waals surface area contributed by atoms with Gasteiger partial charge < -0.3 is 28.4 Å². The summed E-state index contributed by atoms with van der Waals surface area (Å²) in [4.78, 5) is 12.3. The summed E-state index contributed by atoms with van der Waals surface area (Å²) in [6, 6.07) is 6.48. The van der Waals surface area contributed by atoms with E-state index >= 15 is 0 Å². The fourth-order valence-corrected chi connectivity index (χ4v) is 4.01. The predicted octanol–water partition coefficient (Wildman–Crippen LogP) is 3.41. The van der Waals surface area contributed by atoms with Gasteiger partial charge in [-0.2, -0.15) is 0 Å². The minimum Gasteiger partial charge on any atom is -0.493 e. The molecule has 0 heterocycles. The van der Waals surface area contributed by atoms with Crippen molar-refractivity contribution in [1.29, 1.82) is 0 Å². The number of benzene rings is 2. The maximum atomic E-state index is 12.5. The molecule has 10 heteroatoms. The zero-order valence-electron chi connectivity index (χ0n) is 19.9. The summed E-state index contributed by atoms with van der Waals surface area (Å²) in [5.74, 6) is 1.08. The molecule has 184 valence electrons. The Balaban J connectivity index is 2.19. The highest BCUT2D eigenvalue weighted by Crippen LogP contribution is 2.39. The predicted molar refractivity (Wildman–Crippen MR) is 129 cm³/mol. The lowest BCUT2D eigenvalue weighted by Gasteiger charge is -2.12. The van der Waals surface area contributed by atoms with Gasteiger partial charge in [-0.1, -0.05) is 6.08 Å². The number of hydrogen-bond acceptors (Lipinski definition) is 9. The normalized spacial score (nSPS) is 11.5. The van der Waals surface area contributed by atoms with Gasteiger partial charge in [0.2, 0.25) is 11.5 Å². The van der Waals surface area contributed by atoms with Gasteiger partial charge >= 0.3 is 0 Å². The highest BCUT2D eigenvalue weighted by atomic mass is 32.2. The SMILES string of the molecule is COc1cc(C=CS(=O)(=O)CC(=O)/C=C\c2cc(OC)c(OC)c(OC)c2)cc(OC)c1OC. The van der Waals surface area contributed by atoms with Crippen molar-refractivity contribution in [3.05, 3.63) is 46.9 Å². The number of rotatable bonds is 12. The lowest BCUT2D eigenvalue weighted by Crippen LogP contribution is -2.11. The van der Waals surface area contributed by atoms with Crippen LogP contribution >= 0.6 is 0 Å². The van der Waals surface area contributed by atoms with Crippen LogP contribution in [0.1, 0.15) is 11.1 Å². The molecule has 2 rings (SSSR count). The Morgan fingerprint density at radius 3 is 1.41 bits per heavy atom. The number of sulfone groups is 1. The monoisotopic (exact) mass is 492 g/mol. The van der Waals surface area contributed by atoms with Crippen molar-refractivity contribution in [3.63, 3.8) is 0 Å². The van der Waals surface area contributed by atoms with Crippen molar-refractivity contribution in [2.24, 2.45) is 0 Å². The number of methoxy groups -OCH3 is 6. The molecule has 0 unspecified atom stereocenters. The molecular weight excluding hydrogens is 464 g/mol. The van der Waals surface area contributed by atoms with E-state index in [9.17, 15) is 13.2 Å². The van der Waals surface area contributed by atoms with Gasteiger partial charge in [-0.05, 0) is 47.5 Å². The van der Waals surface area contributed by atoms with Crippen LogP contribution in [0.15, 0.2) is 35.7 Å². The number of allylic oxidation sites excluding steroid dienone is 1. The van der Waals surface area contributed by atoms with Crippen molar-refractivity contribution >= 4 is 27.8 Å². The largest absolute Gasteiger partial charge is 0.493 e. The second-order valence-electron chi connectivity index (χ2n) is 6.83. The number of ether oxygens (including phenoxy) is 6. The number of ketones is 1. The van der Waals surface area contributed by atoms with Crippen molar-refractivity contribution < 1.29 is 41.6 Å². The molecule has 0 aliphatic rings. The van der Waals surface area contributed by atoms with E-state index in [1.807, 2.05) is 0 Å². The van der Waals surface area contributed by atoms with Crippen LogP contribution in [-0.2, 0) is 14.6 Å². The van der Waals surface area contributed by atoms with Crippen LogP contribution in [-0.4, -0.2) is 62.6 Å². The standard InChI is InChI=1S/C24H28O9S/c1-28-19-11-16(12-20(29-2)23(19)32-5)7-8-18(25)15-34(26,27)10-9-17-13-21(30-3)24(33-6)22(14-17)31-4/h7-14H,15H2,1-6H3/b8-7-,10-9?. The van der Waals surface area contributed by atoms with Crippen LogP contribution in [0.3, 0.4) is 0 Å². The third kappa shape index (κ3) is 6.67. The molecule has 0 radical (unpaired) electrons. The first-order chi connectivity index (χ1) is 16.2. The Bertz CT molecular complexity index is 1130. The first-order valence-electron chi connectivity index (χ1n) is 9.93. The highest BCUT2D eigenvalue weighted by Gasteiger charge is 2.15. The summed E-state index contributed by atoms with van der Waals surface area (Å²) in [6.07, 6.45) is 4.02. The summed E-state index contributed by atoms with van der Waals surface area (Å²) in [7, 11) is 4.98. The van der Waals surface area contributed by atoms with Crippen LogP contribution in [0.2, 0.25) is 0 Å². The summed E-state index contributed by atoms with van der Waals surface area (Å²) >= 11 is 0. The van der Waals surface area contributed by atoms with E-state index in [1.165, 1.54) is 60.9 Å². The molecule has 0 fully saturated rings. The van der Waals surface area contributed by atoms with Crippen molar-refractivity contribution in [2.45, 2.75) is 0 Å². The van der Waals surface area contributed by atoms with E-state index in [1.54, 1.807) is 24.3 Å². The van der Waals surface area contributed by atoms with E-state index in [0.29, 0.717) is 45.6 Å². The average Bonchev–Trinajstić information content (AvgIpc) is 2.84. The van der Waals surface area contributed by atoms with Gasteiger partial charge in [0.1, 0.15) is 5.75 Å². The van der Waals surface area contributed by atoms with E-state index < -0.39 is 21.4 Å². The van der Waals surface area contributed by atoms with Crippen LogP contribution in [0.25, 0.3) is 12.2 Å². The topological polar surface area (TPSA) is 107 Å². The Morgan fingerprint density at radius 2 is 1.06 bits per heavy atom. The van der Waals surface area contributed by atoms with Crippen molar-refractivity contribution in [3.8, 4) is 34.5 Å². The van der Waals surface area contributed by atoms with Gasteiger partial charge in [0.15, 0.2) is 38.6 Å². The van der Waals surface area contributed by atoms with Gasteiger partial charge in [-0.25, -0.2) is 8.42 Å². The molecule has 0 N–H and O–H groups in total. The molecule has 0 spiro atoms. The van der Waals surface area contributed by atoms with Crippen molar-refractivity contribution in [1.82, 2.24) is 0 Å². The molecule has 0 saturated heterocycles. The van der Waals surface area contributed by atoms with Gasteiger partial charge in [-0.15, -0.1) is 0 Å². The lowest BCUT2D eigenvalue weighted by molar-refractivity contribution is -0.112. The molecule has 0 amide bonds. The first kappa shape index (κ1) is 26.6. The molecule has 34 heavy (non-hydrogen) atoms. The average molecular weight is 493 g/mol. The first-order valence-corrected chi connectivity index (χ1v) is 11.6. The minimum absolute atomic E-state index is 0.378. The Morgan fingerprint density at radius 1 is 0.676 bits per heavy atom. The molecule has 0 aliphatic carbocycles. The maximum Gasteiger partial charge on any atom is 0.203 e. The van der Waals surface area contributed by atoms with Gasteiger partial charge in [-0.3, -0.25) is 4.79 Å². The zero-order valence-corrected chi connectivity index (χ0v) is 20.7. The molecule has 2 aromatic rings. The number of carbonyl (C=O) groups is 1. The summed E-state index contributed by atoms with van der Waals surface area (Å²) in [5, 5.41) is 0.971. The van der Waals surface area contributed by atoms with Crippen LogP contribution in [0.5, 0.6) is 34.5 Å².